The van der Waals surface area contributed by atoms with Gasteiger partial charge < -0.3 is 20.1 Å². The minimum atomic E-state index is 0.153. The molecule has 3 N–H and O–H groups in total. The molecule has 1 saturated heterocycles. The number of nitriles is 1. The van der Waals surface area contributed by atoms with Gasteiger partial charge in [0.15, 0.2) is 17.3 Å². The van der Waals surface area contributed by atoms with Crippen molar-refractivity contribution in [1.82, 2.24) is 25.5 Å². The third-order valence-corrected chi connectivity index (χ3v) is 4.69. The fourth-order valence-electron chi connectivity index (χ4n) is 3.28. The Bertz CT molecular complexity index is 1020. The first-order chi connectivity index (χ1) is 14.3. The quantitative estimate of drug-likeness (QED) is 0.586. The number of H-pyrrole nitrogens is 1. The first kappa shape index (κ1) is 18.7. The van der Waals surface area contributed by atoms with E-state index in [1.807, 2.05) is 30.3 Å². The molecule has 2 aromatic heterocycles. The summed E-state index contributed by atoms with van der Waals surface area (Å²) in [7, 11) is 1.63. The second-order valence-electron chi connectivity index (χ2n) is 6.56. The molecular weight excluding hydrogens is 370 g/mol. The van der Waals surface area contributed by atoms with Crippen LogP contribution in [-0.4, -0.2) is 46.5 Å². The monoisotopic (exact) mass is 391 g/mol. The van der Waals surface area contributed by atoms with Gasteiger partial charge in [0.1, 0.15) is 23.7 Å². The van der Waals surface area contributed by atoms with E-state index < -0.39 is 0 Å². The van der Waals surface area contributed by atoms with Crippen molar-refractivity contribution >= 4 is 11.6 Å². The van der Waals surface area contributed by atoms with Crippen LogP contribution in [0, 0.1) is 11.3 Å². The minimum absolute atomic E-state index is 0.153. The van der Waals surface area contributed by atoms with E-state index in [1.54, 1.807) is 7.11 Å². The second kappa shape index (κ2) is 8.58. The van der Waals surface area contributed by atoms with E-state index in [2.05, 4.69) is 30.8 Å². The van der Waals surface area contributed by atoms with Crippen LogP contribution in [0.4, 0.5) is 11.6 Å². The van der Waals surface area contributed by atoms with E-state index in [0.717, 1.165) is 42.9 Å². The Labute approximate surface area is 168 Å². The zero-order chi connectivity index (χ0) is 20.1. The van der Waals surface area contributed by atoms with Crippen molar-refractivity contribution in [2.75, 3.05) is 25.5 Å². The zero-order valence-corrected chi connectivity index (χ0v) is 16.0. The predicted molar refractivity (Wildman–Crippen MR) is 107 cm³/mol. The maximum Gasteiger partial charge on any atom is 0.183 e. The van der Waals surface area contributed by atoms with Gasteiger partial charge in [0, 0.05) is 18.5 Å². The smallest absolute Gasteiger partial charge is 0.183 e. The van der Waals surface area contributed by atoms with Crippen LogP contribution >= 0.6 is 0 Å². The number of hydrogen-bond donors (Lipinski definition) is 3. The summed E-state index contributed by atoms with van der Waals surface area (Å²) in [5.74, 6) is 2.28. The molecule has 0 atom stereocenters. The Morgan fingerprint density at radius 3 is 2.76 bits per heavy atom. The molecule has 0 radical (unpaired) electrons. The van der Waals surface area contributed by atoms with Gasteiger partial charge >= 0.3 is 0 Å². The SMILES string of the molecule is COc1cccc(OC2CCNCC2)c1-c1cc(Nc2nccnc2C#N)n[nH]1. The molecule has 1 aliphatic heterocycles. The van der Waals surface area contributed by atoms with Crippen molar-refractivity contribution in [1.29, 1.82) is 5.26 Å². The Hall–Kier alpha value is -3.64. The highest BCUT2D eigenvalue weighted by Gasteiger charge is 2.20. The molecular formula is C20H21N7O2. The van der Waals surface area contributed by atoms with Crippen LogP contribution in [0.15, 0.2) is 36.7 Å². The Balaban J connectivity index is 1.63. The molecule has 0 amide bonds. The number of methoxy groups -OCH3 is 1. The van der Waals surface area contributed by atoms with E-state index in [4.69, 9.17) is 9.47 Å². The van der Waals surface area contributed by atoms with Crippen molar-refractivity contribution in [2.24, 2.45) is 0 Å². The standard InChI is InChI=1S/C20H21N7O2/c1-28-16-3-2-4-17(29-13-5-7-22-8-6-13)19(16)14-11-18(27-26-14)25-20-15(12-21)23-9-10-24-20/h2-4,9-11,13,22H,5-8H2,1H3,(H2,24,25,26,27). The van der Waals surface area contributed by atoms with E-state index in [0.29, 0.717) is 17.4 Å². The number of rotatable bonds is 6. The van der Waals surface area contributed by atoms with Gasteiger partial charge in [0.05, 0.1) is 18.4 Å². The zero-order valence-electron chi connectivity index (χ0n) is 16.0. The fourth-order valence-corrected chi connectivity index (χ4v) is 3.28. The minimum Gasteiger partial charge on any atom is -0.496 e. The van der Waals surface area contributed by atoms with Gasteiger partial charge in [0.25, 0.3) is 0 Å². The summed E-state index contributed by atoms with van der Waals surface area (Å²) < 4.78 is 11.9. The Morgan fingerprint density at radius 1 is 1.17 bits per heavy atom. The van der Waals surface area contributed by atoms with Crippen molar-refractivity contribution in [3.8, 4) is 28.8 Å². The van der Waals surface area contributed by atoms with Gasteiger partial charge in [-0.3, -0.25) is 5.10 Å². The van der Waals surface area contributed by atoms with Crippen LogP contribution in [0.5, 0.6) is 11.5 Å². The van der Waals surface area contributed by atoms with Gasteiger partial charge in [-0.2, -0.15) is 10.4 Å². The molecule has 1 aliphatic rings. The van der Waals surface area contributed by atoms with Crippen LogP contribution in [0.3, 0.4) is 0 Å². The lowest BCUT2D eigenvalue weighted by atomic mass is 10.1. The average Bonchev–Trinajstić information content (AvgIpc) is 3.22. The van der Waals surface area contributed by atoms with E-state index >= 15 is 0 Å². The lowest BCUT2D eigenvalue weighted by Crippen LogP contribution is -2.34. The summed E-state index contributed by atoms with van der Waals surface area (Å²) in [4.78, 5) is 8.15. The Morgan fingerprint density at radius 2 is 1.97 bits per heavy atom. The van der Waals surface area contributed by atoms with Crippen molar-refractivity contribution < 1.29 is 9.47 Å². The highest BCUT2D eigenvalue weighted by atomic mass is 16.5. The summed E-state index contributed by atoms with van der Waals surface area (Å²) in [6, 6.07) is 9.56. The second-order valence-corrected chi connectivity index (χ2v) is 6.56. The molecule has 0 bridgehead atoms. The van der Waals surface area contributed by atoms with Gasteiger partial charge in [-0.05, 0) is 38.1 Å². The number of aromatic nitrogens is 4. The predicted octanol–water partition coefficient (Wildman–Crippen LogP) is 2.62. The molecule has 0 aliphatic carbocycles. The lowest BCUT2D eigenvalue weighted by Gasteiger charge is -2.25. The molecule has 0 spiro atoms. The van der Waals surface area contributed by atoms with Crippen molar-refractivity contribution in [3.63, 3.8) is 0 Å². The van der Waals surface area contributed by atoms with Crippen LogP contribution in [0.1, 0.15) is 18.5 Å². The molecule has 0 unspecified atom stereocenters. The largest absolute Gasteiger partial charge is 0.496 e. The third kappa shape index (κ3) is 4.12. The molecule has 9 heteroatoms. The van der Waals surface area contributed by atoms with E-state index in [-0.39, 0.29) is 11.8 Å². The molecule has 4 rings (SSSR count). The molecule has 3 heterocycles. The number of hydrogen-bond acceptors (Lipinski definition) is 8. The number of piperidine rings is 1. The number of ether oxygens (including phenoxy) is 2. The first-order valence-electron chi connectivity index (χ1n) is 9.36. The summed E-state index contributed by atoms with van der Waals surface area (Å²) in [5, 5.41) is 22.9. The summed E-state index contributed by atoms with van der Waals surface area (Å²) in [5.41, 5.74) is 1.73. The average molecular weight is 391 g/mol. The molecule has 0 saturated carbocycles. The van der Waals surface area contributed by atoms with Gasteiger partial charge in [-0.15, -0.1) is 0 Å². The number of anilines is 2. The van der Waals surface area contributed by atoms with Crippen LogP contribution in [-0.2, 0) is 0 Å². The number of benzene rings is 1. The van der Waals surface area contributed by atoms with E-state index in [9.17, 15) is 5.26 Å². The van der Waals surface area contributed by atoms with Crippen LogP contribution in [0.25, 0.3) is 11.3 Å². The lowest BCUT2D eigenvalue weighted by molar-refractivity contribution is 0.163. The molecule has 9 nitrogen and oxygen atoms in total. The summed E-state index contributed by atoms with van der Waals surface area (Å²) in [6.45, 7) is 1.89. The molecule has 1 aromatic carbocycles. The molecule has 29 heavy (non-hydrogen) atoms. The maximum atomic E-state index is 9.18. The summed E-state index contributed by atoms with van der Waals surface area (Å²) in [6.07, 6.45) is 5.05. The normalized spacial score (nSPS) is 14.2. The maximum absolute atomic E-state index is 9.18. The van der Waals surface area contributed by atoms with E-state index in [1.165, 1.54) is 12.4 Å². The van der Waals surface area contributed by atoms with Crippen molar-refractivity contribution in [2.45, 2.75) is 18.9 Å². The van der Waals surface area contributed by atoms with Gasteiger partial charge in [-0.25, -0.2) is 9.97 Å². The van der Waals surface area contributed by atoms with Crippen molar-refractivity contribution in [3.05, 3.63) is 42.4 Å². The fraction of sp³-hybridized carbons (Fsp3) is 0.300. The third-order valence-electron chi connectivity index (χ3n) is 4.69. The molecule has 1 fully saturated rings. The number of nitrogens with one attached hydrogen (secondary N) is 3. The highest BCUT2D eigenvalue weighted by molar-refractivity contribution is 5.76. The summed E-state index contributed by atoms with van der Waals surface area (Å²) >= 11 is 0. The van der Waals surface area contributed by atoms with Gasteiger partial charge in [-0.1, -0.05) is 6.07 Å². The van der Waals surface area contributed by atoms with Crippen LogP contribution < -0.4 is 20.1 Å². The topological polar surface area (TPSA) is 121 Å². The first-order valence-corrected chi connectivity index (χ1v) is 9.36. The number of aromatic amines is 1. The molecule has 3 aromatic rings. The highest BCUT2D eigenvalue weighted by Crippen LogP contribution is 2.39. The van der Waals surface area contributed by atoms with Crippen LogP contribution in [0.2, 0.25) is 0 Å². The Kier molecular flexibility index (Phi) is 5.54. The molecule has 148 valence electrons. The number of nitrogens with zero attached hydrogens (tertiary/aromatic N) is 4. The van der Waals surface area contributed by atoms with Gasteiger partial charge in [0.2, 0.25) is 0 Å².